The van der Waals surface area contributed by atoms with Crippen molar-refractivity contribution in [1.82, 2.24) is 16.2 Å². The van der Waals surface area contributed by atoms with Crippen molar-refractivity contribution in [1.29, 1.82) is 0 Å². The van der Waals surface area contributed by atoms with Gasteiger partial charge in [-0.3, -0.25) is 9.59 Å². The zero-order valence-electron chi connectivity index (χ0n) is 19.3. The molecule has 184 valence electrons. The number of amidine groups is 1. The molecule has 0 aromatic heterocycles. The van der Waals surface area contributed by atoms with Gasteiger partial charge >= 0.3 is 5.97 Å². The van der Waals surface area contributed by atoms with Crippen LogP contribution in [0.3, 0.4) is 0 Å². The van der Waals surface area contributed by atoms with E-state index in [-0.39, 0.29) is 37.5 Å². The fourth-order valence-electron chi connectivity index (χ4n) is 4.18. The van der Waals surface area contributed by atoms with E-state index >= 15 is 0 Å². The molecule has 11 nitrogen and oxygen atoms in total. The molecule has 2 aliphatic rings. The van der Waals surface area contributed by atoms with Gasteiger partial charge in [0.15, 0.2) is 0 Å². The summed E-state index contributed by atoms with van der Waals surface area (Å²) in [5.74, 6) is 6.68. The average molecular weight is 457 g/mol. The molecule has 2 fully saturated rings. The first-order valence-electron chi connectivity index (χ1n) is 11.3. The summed E-state index contributed by atoms with van der Waals surface area (Å²) in [6.07, 6.45) is 6.49. The number of hydrogen-bond donors (Lipinski definition) is 5. The summed E-state index contributed by atoms with van der Waals surface area (Å²) in [6, 6.07) is -0.328. The molecule has 1 aliphatic heterocycles. The van der Waals surface area contributed by atoms with Crippen LogP contribution in [0, 0.1) is 17.8 Å². The van der Waals surface area contributed by atoms with Crippen LogP contribution in [0.2, 0.25) is 0 Å². The van der Waals surface area contributed by atoms with Gasteiger partial charge in [-0.05, 0) is 56.9 Å². The first-order valence-corrected chi connectivity index (χ1v) is 11.3. The highest BCUT2D eigenvalue weighted by atomic mass is 16.5. The smallest absolute Gasteiger partial charge is 0.323 e. The number of aldehydes is 1. The van der Waals surface area contributed by atoms with E-state index in [1.54, 1.807) is 7.11 Å². The summed E-state index contributed by atoms with van der Waals surface area (Å²) in [6.45, 7) is 3.59. The van der Waals surface area contributed by atoms with Crippen LogP contribution in [0.1, 0.15) is 51.9 Å². The maximum Gasteiger partial charge on any atom is 0.323 e. The van der Waals surface area contributed by atoms with Crippen LogP contribution in [0.5, 0.6) is 0 Å². The number of fused-ring (bicyclic) bond motifs is 1. The molecule has 32 heavy (non-hydrogen) atoms. The van der Waals surface area contributed by atoms with Crippen LogP contribution in [0.25, 0.3) is 0 Å². The lowest BCUT2D eigenvalue weighted by Gasteiger charge is -2.42. The standard InChI is InChI=1S/C18H32N6O4.C3H8O/c19-16(23-24-20)4-2-12-1-3-13-11-22-15(10-14(13)9-12)18(27)28-8-5-17(26)21-6-7-25;1-3-4-2/h7,12-15,22,24H,1-6,8-11,20H2,(H2,19,23)(H,21,26);3H2,1-2H3. The predicted molar refractivity (Wildman–Crippen MR) is 121 cm³/mol. The molecule has 1 aliphatic carbocycles. The molecule has 11 heteroatoms. The van der Waals surface area contributed by atoms with Gasteiger partial charge in [-0.2, -0.15) is 5.10 Å². The highest BCUT2D eigenvalue weighted by Gasteiger charge is 2.38. The van der Waals surface area contributed by atoms with E-state index in [9.17, 15) is 14.4 Å². The third-order valence-electron chi connectivity index (χ3n) is 5.96. The molecule has 1 saturated heterocycles. The third-order valence-corrected chi connectivity index (χ3v) is 5.96. The molecule has 0 aromatic carbocycles. The Hall–Kier alpha value is -2.24. The number of esters is 1. The van der Waals surface area contributed by atoms with Crippen molar-refractivity contribution >= 4 is 24.0 Å². The molecule has 0 bridgehead atoms. The number of hydrazine groups is 1. The number of nitrogens with two attached hydrogens (primary N) is 2. The van der Waals surface area contributed by atoms with E-state index in [1.807, 2.05) is 6.92 Å². The average Bonchev–Trinajstić information content (AvgIpc) is 2.81. The predicted octanol–water partition coefficient (Wildman–Crippen LogP) is -0.202. The zero-order chi connectivity index (χ0) is 23.8. The SMILES string of the molecule is CCOC.NN/N=C(\N)CCC1CCC2CNC(C(=O)OCCC(=O)NCC=O)CC2C1. The molecule has 4 unspecified atom stereocenters. The lowest BCUT2D eigenvalue weighted by molar-refractivity contribution is -0.148. The van der Waals surface area contributed by atoms with Crippen LogP contribution in [-0.2, 0) is 23.9 Å². The molecule has 0 aromatic rings. The Morgan fingerprint density at radius 3 is 2.62 bits per heavy atom. The van der Waals surface area contributed by atoms with Crippen LogP contribution in [0.4, 0.5) is 0 Å². The number of rotatable bonds is 11. The molecule has 1 saturated carbocycles. The topological polar surface area (TPSA) is 170 Å². The van der Waals surface area contributed by atoms with E-state index in [0.717, 1.165) is 45.3 Å². The van der Waals surface area contributed by atoms with E-state index in [2.05, 4.69) is 26.0 Å². The van der Waals surface area contributed by atoms with Gasteiger partial charge in [-0.25, -0.2) is 11.4 Å². The molecule has 7 N–H and O–H groups in total. The molecule has 4 atom stereocenters. The second-order valence-corrected chi connectivity index (χ2v) is 8.13. The van der Waals surface area contributed by atoms with Gasteiger partial charge in [0.1, 0.15) is 24.8 Å². The number of methoxy groups -OCH3 is 1. The zero-order valence-corrected chi connectivity index (χ0v) is 19.3. The number of ether oxygens (including phenoxy) is 2. The van der Waals surface area contributed by atoms with Crippen LogP contribution in [-0.4, -0.2) is 63.5 Å². The summed E-state index contributed by atoms with van der Waals surface area (Å²) in [5, 5.41) is 9.49. The monoisotopic (exact) mass is 456 g/mol. The number of carbonyl (C=O) groups excluding carboxylic acids is 3. The molecular weight excluding hydrogens is 416 g/mol. The number of hydrazone groups is 1. The highest BCUT2D eigenvalue weighted by Crippen LogP contribution is 2.40. The number of amides is 1. The summed E-state index contributed by atoms with van der Waals surface area (Å²) in [5.41, 5.74) is 8.00. The largest absolute Gasteiger partial charge is 0.464 e. The minimum absolute atomic E-state index is 0.0201. The summed E-state index contributed by atoms with van der Waals surface area (Å²) < 4.78 is 9.78. The van der Waals surface area contributed by atoms with Gasteiger partial charge < -0.3 is 30.6 Å². The fraction of sp³-hybridized carbons (Fsp3) is 0.810. The second-order valence-electron chi connectivity index (χ2n) is 8.13. The lowest BCUT2D eigenvalue weighted by atomic mass is 9.69. The van der Waals surface area contributed by atoms with Crippen molar-refractivity contribution in [2.24, 2.45) is 34.4 Å². The summed E-state index contributed by atoms with van der Waals surface area (Å²) in [7, 11) is 1.68. The first-order chi connectivity index (χ1) is 15.4. The van der Waals surface area contributed by atoms with Gasteiger partial charge in [-0.15, -0.1) is 0 Å². The molecular formula is C21H40N6O5. The van der Waals surface area contributed by atoms with E-state index < -0.39 is 0 Å². The van der Waals surface area contributed by atoms with E-state index in [0.29, 0.717) is 36.3 Å². The molecule has 0 spiro atoms. The first kappa shape index (κ1) is 27.8. The Labute approximate surface area is 190 Å². The van der Waals surface area contributed by atoms with Crippen molar-refractivity contribution in [3.8, 4) is 0 Å². The number of piperidine rings is 1. The van der Waals surface area contributed by atoms with Gasteiger partial charge in [0.25, 0.3) is 0 Å². The van der Waals surface area contributed by atoms with E-state index in [1.165, 1.54) is 0 Å². The summed E-state index contributed by atoms with van der Waals surface area (Å²) >= 11 is 0. The normalized spacial score (nSPS) is 24.9. The van der Waals surface area contributed by atoms with Gasteiger partial charge in [0, 0.05) is 20.1 Å². The Balaban J connectivity index is 0.00000118. The highest BCUT2D eigenvalue weighted by molar-refractivity contribution is 5.80. The Morgan fingerprint density at radius 1 is 1.22 bits per heavy atom. The second kappa shape index (κ2) is 16.4. The van der Waals surface area contributed by atoms with Crippen molar-refractivity contribution in [3.63, 3.8) is 0 Å². The quantitative estimate of drug-likeness (QED) is 0.0705. The molecule has 2 rings (SSSR count). The van der Waals surface area contributed by atoms with E-state index in [4.69, 9.17) is 16.3 Å². The summed E-state index contributed by atoms with van der Waals surface area (Å²) in [4.78, 5) is 34.0. The Morgan fingerprint density at radius 2 is 1.97 bits per heavy atom. The van der Waals surface area contributed by atoms with Gasteiger partial charge in [0.05, 0.1) is 13.0 Å². The Bertz CT molecular complexity index is 601. The fourth-order valence-corrected chi connectivity index (χ4v) is 4.18. The number of nitrogens with one attached hydrogen (secondary N) is 3. The minimum atomic E-state index is -0.328. The lowest BCUT2D eigenvalue weighted by Crippen LogP contribution is -2.50. The Kier molecular flexibility index (Phi) is 14.2. The van der Waals surface area contributed by atoms with Gasteiger partial charge in [0.2, 0.25) is 5.91 Å². The molecule has 0 radical (unpaired) electrons. The van der Waals surface area contributed by atoms with Crippen molar-refractivity contribution in [2.75, 3.05) is 33.4 Å². The number of carbonyl (C=O) groups is 3. The minimum Gasteiger partial charge on any atom is -0.464 e. The third kappa shape index (κ3) is 10.9. The van der Waals surface area contributed by atoms with Crippen LogP contribution < -0.4 is 27.7 Å². The maximum atomic E-state index is 12.3. The van der Waals surface area contributed by atoms with Crippen molar-refractivity contribution in [3.05, 3.63) is 0 Å². The van der Waals surface area contributed by atoms with Crippen LogP contribution in [0.15, 0.2) is 5.10 Å². The molecule has 1 amide bonds. The van der Waals surface area contributed by atoms with Crippen LogP contribution >= 0.6 is 0 Å². The number of nitrogens with zero attached hydrogens (tertiary/aromatic N) is 1. The van der Waals surface area contributed by atoms with Gasteiger partial charge in [-0.1, -0.05) is 6.42 Å². The van der Waals surface area contributed by atoms with Crippen molar-refractivity contribution < 1.29 is 23.9 Å². The molecule has 1 heterocycles. The number of hydrogen-bond acceptors (Lipinski definition) is 9. The van der Waals surface area contributed by atoms with Crippen molar-refractivity contribution in [2.45, 2.75) is 57.9 Å². The maximum absolute atomic E-state index is 12.3.